The molecule has 0 spiro atoms. The summed E-state index contributed by atoms with van der Waals surface area (Å²) in [7, 11) is 0. The van der Waals surface area contributed by atoms with Gasteiger partial charge in [-0.15, -0.1) is 23.2 Å². The highest BCUT2D eigenvalue weighted by molar-refractivity contribution is 6.45. The summed E-state index contributed by atoms with van der Waals surface area (Å²) in [4.78, 5) is 19.4. The molecule has 0 aliphatic rings. The molecule has 0 N–H and O–H groups in total. The smallest absolute Gasteiger partial charge is 0.302 e. The Bertz CT molecular complexity index is 203. The fourth-order valence-corrected chi connectivity index (χ4v) is 1.36. The lowest BCUT2D eigenvalue weighted by Crippen LogP contribution is -1.95. The number of ether oxygens (including phenoxy) is 1. The zero-order chi connectivity index (χ0) is 15.7. The molecule has 0 bridgehead atoms. The summed E-state index contributed by atoms with van der Waals surface area (Å²) >= 11 is 10.4. The van der Waals surface area contributed by atoms with E-state index in [1.165, 1.54) is 39.5 Å². The van der Waals surface area contributed by atoms with Crippen molar-refractivity contribution in [1.82, 2.24) is 0 Å². The standard InChI is InChI=1S/C6H14.C4H6Cl2O.C4H8O2/c1-3-5-6-4-2;1-3(7)2-4(5)6;1-3-6-4(2)5/h3-6H2,1-2H3;4H,2H2,1H3;3H2,1-2H3. The Labute approximate surface area is 128 Å². The van der Waals surface area contributed by atoms with Gasteiger partial charge in [-0.1, -0.05) is 39.5 Å². The number of unbranched alkanes of at least 4 members (excludes halogenated alkanes) is 3. The summed E-state index contributed by atoms with van der Waals surface area (Å²) in [5, 5.41) is 0. The highest BCUT2D eigenvalue weighted by Gasteiger charge is 2.00. The average Bonchev–Trinajstić information content (AvgIpc) is 2.25. The molecule has 0 aromatic heterocycles. The van der Waals surface area contributed by atoms with Gasteiger partial charge in [-0.3, -0.25) is 9.59 Å². The van der Waals surface area contributed by atoms with Crippen LogP contribution in [-0.4, -0.2) is 23.2 Å². The van der Waals surface area contributed by atoms with E-state index in [0.29, 0.717) is 6.61 Å². The van der Waals surface area contributed by atoms with Crippen LogP contribution in [0, 0.1) is 0 Å². The quantitative estimate of drug-likeness (QED) is 0.397. The number of halogens is 2. The molecule has 0 aromatic carbocycles. The summed E-state index contributed by atoms with van der Waals surface area (Å²) in [6, 6.07) is 0. The zero-order valence-electron chi connectivity index (χ0n) is 12.8. The van der Waals surface area contributed by atoms with E-state index in [2.05, 4.69) is 18.6 Å². The lowest BCUT2D eigenvalue weighted by molar-refractivity contribution is -0.140. The predicted molar refractivity (Wildman–Crippen MR) is 82.9 cm³/mol. The van der Waals surface area contributed by atoms with Gasteiger partial charge in [0.2, 0.25) is 0 Å². The van der Waals surface area contributed by atoms with Gasteiger partial charge in [0.05, 0.1) is 6.61 Å². The van der Waals surface area contributed by atoms with Gasteiger partial charge in [-0.25, -0.2) is 0 Å². The third-order valence-corrected chi connectivity index (χ3v) is 2.06. The van der Waals surface area contributed by atoms with E-state index < -0.39 is 4.84 Å². The maximum atomic E-state index is 10.1. The van der Waals surface area contributed by atoms with Crippen LogP contribution in [0.5, 0.6) is 0 Å². The first kappa shape index (κ1) is 23.8. The molecular weight excluding hydrogens is 287 g/mol. The van der Waals surface area contributed by atoms with E-state index in [0.717, 1.165) is 0 Å². The Kier molecular flexibility index (Phi) is 25.1. The molecule has 0 fully saturated rings. The Morgan fingerprint density at radius 3 is 1.47 bits per heavy atom. The number of carbonyl (C=O) groups is 2. The van der Waals surface area contributed by atoms with Gasteiger partial charge in [-0.05, 0) is 13.8 Å². The fourth-order valence-electron chi connectivity index (χ4n) is 0.921. The summed E-state index contributed by atoms with van der Waals surface area (Å²) in [5.74, 6) is -0.187. The summed E-state index contributed by atoms with van der Waals surface area (Å²) in [6.45, 7) is 9.57. The first-order chi connectivity index (χ1) is 8.81. The van der Waals surface area contributed by atoms with Crippen LogP contribution in [0.15, 0.2) is 0 Å². The topological polar surface area (TPSA) is 43.4 Å². The van der Waals surface area contributed by atoms with Crippen LogP contribution in [0.4, 0.5) is 0 Å². The minimum Gasteiger partial charge on any atom is -0.466 e. The summed E-state index contributed by atoms with van der Waals surface area (Å²) in [6.07, 6.45) is 5.79. The van der Waals surface area contributed by atoms with Crippen molar-refractivity contribution in [1.29, 1.82) is 0 Å². The molecular formula is C14H28Cl2O3. The maximum Gasteiger partial charge on any atom is 0.302 e. The predicted octanol–water partition coefficient (Wildman–Crippen LogP) is 4.93. The van der Waals surface area contributed by atoms with Gasteiger partial charge in [0.1, 0.15) is 10.6 Å². The van der Waals surface area contributed by atoms with Gasteiger partial charge in [-0.2, -0.15) is 0 Å². The second-order valence-electron chi connectivity index (χ2n) is 3.93. The van der Waals surface area contributed by atoms with E-state index >= 15 is 0 Å². The first-order valence-corrected chi connectivity index (χ1v) is 7.59. The Morgan fingerprint density at radius 2 is 1.42 bits per heavy atom. The molecule has 0 saturated carbocycles. The van der Waals surface area contributed by atoms with Gasteiger partial charge in [0, 0.05) is 13.3 Å². The number of hydrogen-bond donors (Lipinski definition) is 0. The molecule has 3 nitrogen and oxygen atoms in total. The van der Waals surface area contributed by atoms with E-state index in [1.807, 2.05) is 0 Å². The van der Waals surface area contributed by atoms with Gasteiger partial charge in [0.25, 0.3) is 0 Å². The number of esters is 1. The molecule has 0 aliphatic heterocycles. The Morgan fingerprint density at radius 1 is 1.00 bits per heavy atom. The molecule has 0 amide bonds. The number of rotatable bonds is 6. The maximum absolute atomic E-state index is 10.1. The SMILES string of the molecule is CC(=O)CC(Cl)Cl.CCCCCC.CCOC(C)=O. The molecule has 0 aromatic rings. The van der Waals surface area contributed by atoms with Crippen LogP contribution in [-0.2, 0) is 14.3 Å². The molecule has 0 radical (unpaired) electrons. The summed E-state index contributed by atoms with van der Waals surface area (Å²) < 4.78 is 4.40. The van der Waals surface area contributed by atoms with E-state index in [9.17, 15) is 9.59 Å². The molecule has 19 heavy (non-hydrogen) atoms. The van der Waals surface area contributed by atoms with Crippen LogP contribution in [0.2, 0.25) is 0 Å². The van der Waals surface area contributed by atoms with Gasteiger partial charge in [0.15, 0.2) is 0 Å². The molecule has 0 atom stereocenters. The van der Waals surface area contributed by atoms with Gasteiger partial charge < -0.3 is 4.74 Å². The second kappa shape index (κ2) is 20.0. The molecule has 0 rings (SSSR count). The molecule has 0 aliphatic carbocycles. The first-order valence-electron chi connectivity index (χ1n) is 6.72. The Hall–Kier alpha value is -0.280. The van der Waals surface area contributed by atoms with E-state index in [-0.39, 0.29) is 18.2 Å². The molecule has 0 heterocycles. The highest BCUT2D eigenvalue weighted by atomic mass is 35.5. The molecule has 0 saturated heterocycles. The van der Waals surface area contributed by atoms with Crippen molar-refractivity contribution in [2.75, 3.05) is 6.61 Å². The van der Waals surface area contributed by atoms with E-state index in [1.54, 1.807) is 6.92 Å². The van der Waals surface area contributed by atoms with Crippen LogP contribution in [0.25, 0.3) is 0 Å². The van der Waals surface area contributed by atoms with Crippen LogP contribution in [0.3, 0.4) is 0 Å². The lowest BCUT2D eigenvalue weighted by Gasteiger charge is -1.90. The minimum atomic E-state index is -0.530. The second-order valence-corrected chi connectivity index (χ2v) is 5.21. The largest absolute Gasteiger partial charge is 0.466 e. The monoisotopic (exact) mass is 314 g/mol. The highest BCUT2D eigenvalue weighted by Crippen LogP contribution is 2.05. The normalized spacial score (nSPS) is 8.84. The molecule has 0 unspecified atom stereocenters. The third-order valence-electron chi connectivity index (χ3n) is 1.75. The van der Waals surface area contributed by atoms with Crippen molar-refractivity contribution in [3.63, 3.8) is 0 Å². The van der Waals surface area contributed by atoms with Crippen molar-refractivity contribution in [2.45, 2.75) is 71.6 Å². The number of hydrogen-bond acceptors (Lipinski definition) is 3. The van der Waals surface area contributed by atoms with Crippen molar-refractivity contribution in [2.24, 2.45) is 0 Å². The van der Waals surface area contributed by atoms with Crippen LogP contribution >= 0.6 is 23.2 Å². The zero-order valence-corrected chi connectivity index (χ0v) is 14.3. The average molecular weight is 315 g/mol. The van der Waals surface area contributed by atoms with Crippen molar-refractivity contribution < 1.29 is 14.3 Å². The number of alkyl halides is 2. The summed E-state index contributed by atoms with van der Waals surface area (Å²) in [5.41, 5.74) is 0. The van der Waals surface area contributed by atoms with Crippen molar-refractivity contribution in [3.05, 3.63) is 0 Å². The van der Waals surface area contributed by atoms with Crippen LogP contribution < -0.4 is 0 Å². The Balaban J connectivity index is -0.000000203. The molecule has 116 valence electrons. The number of carbonyl (C=O) groups excluding carboxylic acids is 2. The lowest BCUT2D eigenvalue weighted by atomic mass is 10.2. The fraction of sp³-hybridized carbons (Fsp3) is 0.857. The van der Waals surface area contributed by atoms with Crippen molar-refractivity contribution >= 4 is 35.0 Å². The van der Waals surface area contributed by atoms with Gasteiger partial charge >= 0.3 is 5.97 Å². The van der Waals surface area contributed by atoms with E-state index in [4.69, 9.17) is 23.2 Å². The molecule has 5 heteroatoms. The van der Waals surface area contributed by atoms with Crippen molar-refractivity contribution in [3.8, 4) is 0 Å². The minimum absolute atomic E-state index is 0.0231. The van der Waals surface area contributed by atoms with Crippen LogP contribution in [0.1, 0.15) is 66.7 Å². The number of ketones is 1. The third kappa shape index (κ3) is 46.3. The number of Topliss-reactive ketones (excluding diaryl/α,β-unsaturated/α-hetero) is 1.